The summed E-state index contributed by atoms with van der Waals surface area (Å²) in [5.41, 5.74) is 8.49. The topological polar surface area (TPSA) is 84.1 Å². The van der Waals surface area contributed by atoms with Crippen molar-refractivity contribution in [3.63, 3.8) is 0 Å². The maximum Gasteiger partial charge on any atom is 0.234 e. The van der Waals surface area contributed by atoms with Gasteiger partial charge in [-0.1, -0.05) is 19.1 Å². The molecule has 0 radical (unpaired) electrons. The van der Waals surface area contributed by atoms with E-state index in [-0.39, 0.29) is 18.3 Å². The summed E-state index contributed by atoms with van der Waals surface area (Å²) in [4.78, 5) is 26.0. The Morgan fingerprint density at radius 1 is 1.23 bits per heavy atom. The highest BCUT2D eigenvalue weighted by atomic mass is 32.1. The number of halogens is 1. The van der Waals surface area contributed by atoms with Crippen molar-refractivity contribution in [2.75, 3.05) is 18.8 Å². The summed E-state index contributed by atoms with van der Waals surface area (Å²) < 4.78 is 13.0. The summed E-state index contributed by atoms with van der Waals surface area (Å²) >= 11 is 1.73. The van der Waals surface area contributed by atoms with Crippen LogP contribution in [0.3, 0.4) is 0 Å². The zero-order valence-corrected chi connectivity index (χ0v) is 17.9. The number of benzene rings is 1. The molecule has 0 saturated heterocycles. The molecule has 3 N–H and O–H groups in total. The number of nitrogens with one attached hydrogen (secondary N) is 1. The van der Waals surface area contributed by atoms with E-state index in [1.807, 2.05) is 11.8 Å². The van der Waals surface area contributed by atoms with E-state index in [4.69, 9.17) is 10.7 Å². The quantitative estimate of drug-likeness (QED) is 0.604. The van der Waals surface area contributed by atoms with E-state index in [0.29, 0.717) is 31.3 Å². The number of anilines is 1. The van der Waals surface area contributed by atoms with Crippen molar-refractivity contribution < 1.29 is 9.18 Å². The summed E-state index contributed by atoms with van der Waals surface area (Å²) in [6.45, 7) is 3.75. The third-order valence-electron chi connectivity index (χ3n) is 5.47. The summed E-state index contributed by atoms with van der Waals surface area (Å²) in [6.07, 6.45) is 4.56. The van der Waals surface area contributed by atoms with Gasteiger partial charge in [-0.05, 0) is 55.5 Å². The first-order valence-corrected chi connectivity index (χ1v) is 11.1. The molecule has 0 saturated carbocycles. The van der Waals surface area contributed by atoms with Gasteiger partial charge in [-0.2, -0.15) is 0 Å². The van der Waals surface area contributed by atoms with Gasteiger partial charge in [0, 0.05) is 11.4 Å². The van der Waals surface area contributed by atoms with Crippen LogP contribution >= 0.6 is 11.3 Å². The molecule has 0 unspecified atom stereocenters. The van der Waals surface area contributed by atoms with Gasteiger partial charge >= 0.3 is 0 Å². The molecule has 1 aliphatic carbocycles. The van der Waals surface area contributed by atoms with E-state index in [0.717, 1.165) is 28.6 Å². The molecule has 8 heteroatoms. The molecule has 1 aromatic carbocycles. The Morgan fingerprint density at radius 2 is 2.00 bits per heavy atom. The van der Waals surface area contributed by atoms with Crippen molar-refractivity contribution in [3.8, 4) is 0 Å². The minimum absolute atomic E-state index is 0.0955. The molecule has 158 valence electrons. The molecule has 0 spiro atoms. The van der Waals surface area contributed by atoms with Crippen LogP contribution in [0.2, 0.25) is 0 Å². The Kier molecular flexibility index (Phi) is 6.24. The van der Waals surface area contributed by atoms with E-state index in [1.54, 1.807) is 23.5 Å². The van der Waals surface area contributed by atoms with Crippen LogP contribution in [0.4, 0.5) is 10.2 Å². The van der Waals surface area contributed by atoms with Crippen molar-refractivity contribution in [1.82, 2.24) is 20.2 Å². The molecule has 0 fully saturated rings. The van der Waals surface area contributed by atoms with Gasteiger partial charge in [0.25, 0.3) is 0 Å². The second-order valence-corrected chi connectivity index (χ2v) is 8.71. The summed E-state index contributed by atoms with van der Waals surface area (Å²) in [6, 6.07) is 6.11. The van der Waals surface area contributed by atoms with Gasteiger partial charge in [-0.3, -0.25) is 9.69 Å². The highest BCUT2D eigenvalue weighted by Gasteiger charge is 2.21. The molecular formula is C22H26FN5OS. The molecule has 2 aromatic heterocycles. The van der Waals surface area contributed by atoms with Crippen molar-refractivity contribution in [2.45, 2.75) is 45.7 Å². The smallest absolute Gasteiger partial charge is 0.234 e. The van der Waals surface area contributed by atoms with Gasteiger partial charge in [-0.25, -0.2) is 14.4 Å². The van der Waals surface area contributed by atoms with Crippen LogP contribution in [-0.4, -0.2) is 33.9 Å². The van der Waals surface area contributed by atoms with Crippen molar-refractivity contribution in [2.24, 2.45) is 0 Å². The highest BCUT2D eigenvalue weighted by molar-refractivity contribution is 7.19. The van der Waals surface area contributed by atoms with E-state index < -0.39 is 0 Å². The van der Waals surface area contributed by atoms with Gasteiger partial charge in [0.1, 0.15) is 22.3 Å². The largest absolute Gasteiger partial charge is 0.383 e. The van der Waals surface area contributed by atoms with Crippen LogP contribution in [-0.2, 0) is 30.7 Å². The number of fused-ring (bicyclic) bond motifs is 3. The van der Waals surface area contributed by atoms with Crippen molar-refractivity contribution in [1.29, 1.82) is 0 Å². The van der Waals surface area contributed by atoms with E-state index in [2.05, 4.69) is 10.3 Å². The number of thiophene rings is 1. The number of aromatic nitrogens is 2. The zero-order valence-electron chi connectivity index (χ0n) is 17.1. The minimum Gasteiger partial charge on any atom is -0.383 e. The number of hydrogen-bond acceptors (Lipinski definition) is 6. The number of carbonyl (C=O) groups excluding carboxylic acids is 1. The van der Waals surface area contributed by atoms with Gasteiger partial charge < -0.3 is 11.1 Å². The van der Waals surface area contributed by atoms with Crippen LogP contribution in [0.1, 0.15) is 41.6 Å². The van der Waals surface area contributed by atoms with Gasteiger partial charge in [0.15, 0.2) is 0 Å². The Labute approximate surface area is 179 Å². The normalized spacial score (nSPS) is 13.6. The number of nitrogen functional groups attached to an aromatic ring is 1. The van der Waals surface area contributed by atoms with Crippen LogP contribution in [0.15, 0.2) is 24.3 Å². The second kappa shape index (κ2) is 9.06. The third kappa shape index (κ3) is 4.60. The first-order chi connectivity index (χ1) is 14.5. The lowest BCUT2D eigenvalue weighted by Gasteiger charge is -2.19. The van der Waals surface area contributed by atoms with E-state index in [1.165, 1.54) is 35.4 Å². The maximum absolute atomic E-state index is 13.0. The lowest BCUT2D eigenvalue weighted by atomic mass is 9.97. The second-order valence-electron chi connectivity index (χ2n) is 7.62. The standard InChI is InChI=1S/C22H26FN5OS/c1-2-28(13-19(29)25-11-14-7-9-15(23)10-8-14)12-18-26-21(24)20-16-5-3-4-6-17(16)30-22(20)27-18/h7-10H,2-6,11-13H2,1H3,(H,25,29)(H2,24,26,27). The van der Waals surface area contributed by atoms with Crippen molar-refractivity contribution >= 4 is 33.3 Å². The molecule has 1 amide bonds. The first kappa shape index (κ1) is 20.7. The fourth-order valence-electron chi connectivity index (χ4n) is 3.84. The lowest BCUT2D eigenvalue weighted by molar-refractivity contribution is -0.122. The number of nitrogens with zero attached hydrogens (tertiary/aromatic N) is 3. The number of likely N-dealkylation sites (N-methyl/N-ethyl adjacent to an activating group) is 1. The molecule has 30 heavy (non-hydrogen) atoms. The Bertz CT molecular complexity index is 1050. The maximum atomic E-state index is 13.0. The predicted octanol–water partition coefficient (Wildman–Crippen LogP) is 3.43. The van der Waals surface area contributed by atoms with Crippen LogP contribution in [0, 0.1) is 5.82 Å². The van der Waals surface area contributed by atoms with Crippen molar-refractivity contribution in [3.05, 3.63) is 51.9 Å². The molecule has 0 atom stereocenters. The van der Waals surface area contributed by atoms with Gasteiger partial charge in [-0.15, -0.1) is 11.3 Å². The number of aryl methyl sites for hydroxylation is 2. The molecular weight excluding hydrogens is 401 g/mol. The first-order valence-electron chi connectivity index (χ1n) is 10.3. The lowest BCUT2D eigenvalue weighted by Crippen LogP contribution is -2.37. The van der Waals surface area contributed by atoms with Gasteiger partial charge in [0.2, 0.25) is 5.91 Å². The van der Waals surface area contributed by atoms with E-state index >= 15 is 0 Å². The minimum atomic E-state index is -0.287. The summed E-state index contributed by atoms with van der Waals surface area (Å²) in [5.74, 6) is 0.810. The fourth-order valence-corrected chi connectivity index (χ4v) is 5.13. The molecule has 0 aliphatic heterocycles. The Hall–Kier alpha value is -2.58. The number of carbonyl (C=O) groups is 1. The number of rotatable bonds is 7. The van der Waals surface area contributed by atoms with Crippen LogP contribution in [0.25, 0.3) is 10.2 Å². The fraction of sp³-hybridized carbons (Fsp3) is 0.409. The molecule has 1 aliphatic rings. The number of amides is 1. The van der Waals surface area contributed by atoms with Gasteiger partial charge in [0.05, 0.1) is 18.5 Å². The zero-order chi connectivity index (χ0) is 21.1. The average molecular weight is 428 g/mol. The Morgan fingerprint density at radius 3 is 2.77 bits per heavy atom. The predicted molar refractivity (Wildman–Crippen MR) is 118 cm³/mol. The van der Waals surface area contributed by atoms with E-state index in [9.17, 15) is 9.18 Å². The Balaban J connectivity index is 1.41. The number of nitrogens with two attached hydrogens (primary N) is 1. The number of hydrogen-bond donors (Lipinski definition) is 2. The third-order valence-corrected chi connectivity index (χ3v) is 6.66. The summed E-state index contributed by atoms with van der Waals surface area (Å²) in [7, 11) is 0. The highest BCUT2D eigenvalue weighted by Crippen LogP contribution is 2.37. The average Bonchev–Trinajstić information content (AvgIpc) is 3.11. The molecule has 3 aromatic rings. The molecule has 0 bridgehead atoms. The monoisotopic (exact) mass is 427 g/mol. The molecule has 4 rings (SSSR count). The SMILES string of the molecule is CCN(CC(=O)NCc1ccc(F)cc1)Cc1nc(N)c2c3c(sc2n1)CCCC3. The van der Waals surface area contributed by atoms with Crippen LogP contribution < -0.4 is 11.1 Å². The van der Waals surface area contributed by atoms with Crippen LogP contribution in [0.5, 0.6) is 0 Å². The molecule has 6 nitrogen and oxygen atoms in total. The summed E-state index contributed by atoms with van der Waals surface area (Å²) in [5, 5.41) is 3.90. The molecule has 2 heterocycles.